The maximum Gasteiger partial charge on any atom is 0.0748 e. The van der Waals surface area contributed by atoms with Crippen LogP contribution in [0.25, 0.3) is 0 Å². The molecule has 1 heterocycles. The maximum atomic E-state index is 5.59. The lowest BCUT2D eigenvalue weighted by atomic mass is 9.95. The Kier molecular flexibility index (Phi) is 3.99. The smallest absolute Gasteiger partial charge is 0.0748 e. The number of nitrogens with one attached hydrogen (secondary N) is 1. The van der Waals surface area contributed by atoms with E-state index in [0.29, 0.717) is 0 Å². The average molecular weight is 250 g/mol. The molecule has 96 valence electrons. The second kappa shape index (κ2) is 5.69. The highest BCUT2D eigenvalue weighted by molar-refractivity contribution is 5.31. The molecule has 1 unspecified atom stereocenters. The fourth-order valence-corrected chi connectivity index (χ4v) is 1.96. The second-order valence-corrected chi connectivity index (χ2v) is 5.04. The van der Waals surface area contributed by atoms with Crippen LogP contribution in [0.3, 0.4) is 0 Å². The monoisotopic (exact) mass is 250 g/mol. The van der Waals surface area contributed by atoms with Crippen molar-refractivity contribution in [2.24, 2.45) is 0 Å². The van der Waals surface area contributed by atoms with Crippen LogP contribution < -0.4 is 5.32 Å². The zero-order valence-corrected chi connectivity index (χ0v) is 11.3. The van der Waals surface area contributed by atoms with Crippen LogP contribution in [0.2, 0.25) is 0 Å². The highest BCUT2D eigenvalue weighted by Gasteiger charge is 2.22. The Morgan fingerprint density at radius 1 is 1.05 bits per heavy atom. The van der Waals surface area contributed by atoms with Crippen LogP contribution in [0.4, 0.5) is 0 Å². The van der Waals surface area contributed by atoms with Crippen molar-refractivity contribution in [1.82, 2.24) is 10.3 Å². The molecule has 0 fully saturated rings. The predicted molar refractivity (Wildman–Crippen MR) is 78.6 cm³/mol. The van der Waals surface area contributed by atoms with Gasteiger partial charge in [-0.2, -0.15) is 0 Å². The molecular formula is C17H18N2. The molecule has 2 heteroatoms. The first-order chi connectivity index (χ1) is 9.12. The Bertz CT molecular complexity index is 513. The summed E-state index contributed by atoms with van der Waals surface area (Å²) in [5.74, 6) is 2.78. The van der Waals surface area contributed by atoms with Gasteiger partial charge in [-0.05, 0) is 37.1 Å². The minimum atomic E-state index is -0.371. The third-order valence-corrected chi connectivity index (χ3v) is 3.04. The lowest BCUT2D eigenvalue weighted by molar-refractivity contribution is 0.448. The second-order valence-electron chi connectivity index (χ2n) is 5.04. The highest BCUT2D eigenvalue weighted by Crippen LogP contribution is 2.23. The third kappa shape index (κ3) is 3.43. The van der Waals surface area contributed by atoms with E-state index in [0.717, 1.165) is 5.56 Å². The molecule has 0 bridgehead atoms. The number of hydrogen-bond acceptors (Lipinski definition) is 2. The van der Waals surface area contributed by atoms with Crippen molar-refractivity contribution >= 4 is 0 Å². The molecule has 2 aromatic rings. The Hall–Kier alpha value is -2.11. The van der Waals surface area contributed by atoms with Gasteiger partial charge in [0.1, 0.15) is 0 Å². The molecule has 0 aliphatic rings. The van der Waals surface area contributed by atoms with Crippen LogP contribution >= 0.6 is 0 Å². The topological polar surface area (TPSA) is 24.9 Å². The van der Waals surface area contributed by atoms with Crippen LogP contribution in [-0.4, -0.2) is 10.5 Å². The van der Waals surface area contributed by atoms with Crippen LogP contribution in [0.15, 0.2) is 54.9 Å². The summed E-state index contributed by atoms with van der Waals surface area (Å²) in [7, 11) is 0. The lowest BCUT2D eigenvalue weighted by Gasteiger charge is -2.28. The van der Waals surface area contributed by atoms with Crippen molar-refractivity contribution in [2.45, 2.75) is 25.4 Å². The summed E-state index contributed by atoms with van der Waals surface area (Å²) in [6.07, 6.45) is 9.19. The van der Waals surface area contributed by atoms with E-state index in [4.69, 9.17) is 6.42 Å². The maximum absolute atomic E-state index is 5.59. The van der Waals surface area contributed by atoms with Gasteiger partial charge in [0.25, 0.3) is 0 Å². The SMILES string of the molecule is C#CC(C)(C)NC(c1ccccc1)c1ccncc1. The standard InChI is InChI=1S/C17H18N2/c1-4-17(2,3)19-16(14-8-6-5-7-9-14)15-10-12-18-13-11-15/h1,5-13,16,19H,2-3H3. The van der Waals surface area contributed by atoms with E-state index in [1.165, 1.54) is 5.56 Å². The molecule has 1 atom stereocenters. The Balaban J connectivity index is 2.38. The molecule has 2 rings (SSSR count). The van der Waals surface area contributed by atoms with E-state index in [-0.39, 0.29) is 11.6 Å². The van der Waals surface area contributed by atoms with Gasteiger partial charge in [0, 0.05) is 12.4 Å². The summed E-state index contributed by atoms with van der Waals surface area (Å²) in [5.41, 5.74) is 1.98. The third-order valence-electron chi connectivity index (χ3n) is 3.04. The van der Waals surface area contributed by atoms with E-state index in [1.807, 2.05) is 44.2 Å². The van der Waals surface area contributed by atoms with Crippen molar-refractivity contribution in [1.29, 1.82) is 0 Å². The number of pyridine rings is 1. The first kappa shape index (κ1) is 13.3. The summed E-state index contributed by atoms with van der Waals surface area (Å²) in [4.78, 5) is 4.07. The van der Waals surface area contributed by atoms with Gasteiger partial charge in [0.15, 0.2) is 0 Å². The molecule has 0 aliphatic heterocycles. The minimum absolute atomic E-state index is 0.0650. The largest absolute Gasteiger partial charge is 0.291 e. The zero-order chi connectivity index (χ0) is 13.7. The van der Waals surface area contributed by atoms with Gasteiger partial charge < -0.3 is 0 Å². The van der Waals surface area contributed by atoms with Gasteiger partial charge in [-0.25, -0.2) is 0 Å². The van der Waals surface area contributed by atoms with Crippen LogP contribution in [0.1, 0.15) is 31.0 Å². The van der Waals surface area contributed by atoms with Crippen molar-refractivity contribution < 1.29 is 0 Å². The number of aromatic nitrogens is 1. The van der Waals surface area contributed by atoms with Gasteiger partial charge in [-0.15, -0.1) is 6.42 Å². The first-order valence-corrected chi connectivity index (χ1v) is 6.33. The van der Waals surface area contributed by atoms with E-state index in [9.17, 15) is 0 Å². The average Bonchev–Trinajstić information content (AvgIpc) is 2.47. The molecule has 1 aromatic heterocycles. The minimum Gasteiger partial charge on any atom is -0.291 e. The van der Waals surface area contributed by atoms with E-state index in [2.05, 4.69) is 28.4 Å². The molecule has 1 N–H and O–H groups in total. The van der Waals surface area contributed by atoms with E-state index in [1.54, 1.807) is 12.4 Å². The number of nitrogens with zero attached hydrogens (tertiary/aromatic N) is 1. The number of hydrogen-bond donors (Lipinski definition) is 1. The van der Waals surface area contributed by atoms with Crippen LogP contribution in [0.5, 0.6) is 0 Å². The fourth-order valence-electron chi connectivity index (χ4n) is 1.96. The summed E-state index contributed by atoms with van der Waals surface area (Å²) in [5, 5.41) is 3.51. The summed E-state index contributed by atoms with van der Waals surface area (Å²) in [6.45, 7) is 4.01. The van der Waals surface area contributed by atoms with Crippen molar-refractivity contribution in [3.8, 4) is 12.3 Å². The van der Waals surface area contributed by atoms with Crippen molar-refractivity contribution in [2.75, 3.05) is 0 Å². The normalized spacial score (nSPS) is 12.7. The highest BCUT2D eigenvalue weighted by atomic mass is 15.0. The molecule has 0 radical (unpaired) electrons. The number of terminal acetylenes is 1. The van der Waals surface area contributed by atoms with Crippen LogP contribution in [-0.2, 0) is 0 Å². The Labute approximate surface area is 114 Å². The summed E-state index contributed by atoms with van der Waals surface area (Å²) in [6, 6.07) is 14.4. The molecule has 2 nitrogen and oxygen atoms in total. The van der Waals surface area contributed by atoms with Gasteiger partial charge in [0.2, 0.25) is 0 Å². The summed E-state index contributed by atoms with van der Waals surface area (Å²) < 4.78 is 0. The molecule has 0 aliphatic carbocycles. The lowest BCUT2D eigenvalue weighted by Crippen LogP contribution is -2.40. The predicted octanol–water partition coefficient (Wildman–Crippen LogP) is 3.17. The summed E-state index contributed by atoms with van der Waals surface area (Å²) >= 11 is 0. The molecule has 0 amide bonds. The quantitative estimate of drug-likeness (QED) is 0.843. The van der Waals surface area contributed by atoms with Gasteiger partial charge in [-0.3, -0.25) is 10.3 Å². The molecular weight excluding hydrogens is 232 g/mol. The Morgan fingerprint density at radius 3 is 2.21 bits per heavy atom. The molecule has 0 saturated heterocycles. The first-order valence-electron chi connectivity index (χ1n) is 6.33. The fraction of sp³-hybridized carbons (Fsp3) is 0.235. The van der Waals surface area contributed by atoms with Gasteiger partial charge >= 0.3 is 0 Å². The number of rotatable bonds is 4. The zero-order valence-electron chi connectivity index (χ0n) is 11.3. The van der Waals surface area contributed by atoms with Gasteiger partial charge in [-0.1, -0.05) is 36.3 Å². The molecule has 1 aromatic carbocycles. The van der Waals surface area contributed by atoms with E-state index >= 15 is 0 Å². The van der Waals surface area contributed by atoms with Crippen molar-refractivity contribution in [3.63, 3.8) is 0 Å². The Morgan fingerprint density at radius 2 is 1.63 bits per heavy atom. The molecule has 19 heavy (non-hydrogen) atoms. The molecule has 0 spiro atoms. The van der Waals surface area contributed by atoms with Crippen molar-refractivity contribution in [3.05, 3.63) is 66.0 Å². The van der Waals surface area contributed by atoms with Gasteiger partial charge in [0.05, 0.1) is 11.6 Å². The van der Waals surface area contributed by atoms with Crippen LogP contribution in [0, 0.1) is 12.3 Å². The van der Waals surface area contributed by atoms with E-state index < -0.39 is 0 Å². The molecule has 0 saturated carbocycles. The number of benzene rings is 1.